The van der Waals surface area contributed by atoms with Crippen molar-refractivity contribution in [3.8, 4) is 0 Å². The van der Waals surface area contributed by atoms with E-state index in [9.17, 15) is 5.11 Å². The Morgan fingerprint density at radius 1 is 1.31 bits per heavy atom. The number of hydrogen-bond acceptors (Lipinski definition) is 1. The highest BCUT2D eigenvalue weighted by atomic mass is 16.3. The predicted octanol–water partition coefficient (Wildman–Crippen LogP) is 3.22. The van der Waals surface area contributed by atoms with E-state index in [4.69, 9.17) is 0 Å². The third-order valence-corrected chi connectivity index (χ3v) is 3.53. The van der Waals surface area contributed by atoms with Gasteiger partial charge in [0.25, 0.3) is 0 Å². The summed E-state index contributed by atoms with van der Waals surface area (Å²) in [7, 11) is 0. The van der Waals surface area contributed by atoms with Crippen LogP contribution in [0.3, 0.4) is 0 Å². The molecule has 1 aliphatic rings. The van der Waals surface area contributed by atoms with Gasteiger partial charge in [0, 0.05) is 0 Å². The maximum absolute atomic E-state index is 9.94. The summed E-state index contributed by atoms with van der Waals surface area (Å²) in [6.07, 6.45) is 6.19. The van der Waals surface area contributed by atoms with Gasteiger partial charge in [0.15, 0.2) is 0 Å². The van der Waals surface area contributed by atoms with Gasteiger partial charge in [-0.3, -0.25) is 0 Å². The van der Waals surface area contributed by atoms with Gasteiger partial charge >= 0.3 is 0 Å². The highest BCUT2D eigenvalue weighted by molar-refractivity contribution is 4.81. The summed E-state index contributed by atoms with van der Waals surface area (Å²) in [4.78, 5) is 0. The highest BCUT2D eigenvalue weighted by Gasteiger charge is 2.30. The summed E-state index contributed by atoms with van der Waals surface area (Å²) < 4.78 is 0. The Hall–Kier alpha value is -0.0400. The molecule has 0 aromatic heterocycles. The molecule has 1 aliphatic carbocycles. The van der Waals surface area contributed by atoms with Crippen LogP contribution in [0.4, 0.5) is 0 Å². The van der Waals surface area contributed by atoms with Crippen molar-refractivity contribution in [3.05, 3.63) is 0 Å². The Labute approximate surface area is 82.5 Å². The van der Waals surface area contributed by atoms with Crippen molar-refractivity contribution in [1.29, 1.82) is 0 Å². The Morgan fingerprint density at radius 2 is 2.00 bits per heavy atom. The van der Waals surface area contributed by atoms with E-state index in [0.29, 0.717) is 11.8 Å². The molecule has 1 saturated carbocycles. The Balaban J connectivity index is 2.37. The normalized spacial score (nSPS) is 35.3. The van der Waals surface area contributed by atoms with Gasteiger partial charge in [0.05, 0.1) is 6.10 Å². The minimum absolute atomic E-state index is 0.0229. The van der Waals surface area contributed by atoms with Crippen molar-refractivity contribution in [2.75, 3.05) is 0 Å². The Morgan fingerprint density at radius 3 is 2.46 bits per heavy atom. The molecule has 0 spiro atoms. The fourth-order valence-corrected chi connectivity index (χ4v) is 2.70. The molecule has 0 aromatic carbocycles. The topological polar surface area (TPSA) is 20.2 Å². The summed E-state index contributed by atoms with van der Waals surface area (Å²) in [6.45, 7) is 6.70. The quantitative estimate of drug-likeness (QED) is 0.714. The summed E-state index contributed by atoms with van der Waals surface area (Å²) in [5.74, 6) is 2.01. The first-order chi connectivity index (χ1) is 6.15. The van der Waals surface area contributed by atoms with Crippen LogP contribution >= 0.6 is 0 Å². The lowest BCUT2D eigenvalue weighted by Gasteiger charge is -2.35. The summed E-state index contributed by atoms with van der Waals surface area (Å²) in [5, 5.41) is 9.94. The lowest BCUT2D eigenvalue weighted by molar-refractivity contribution is 0.0209. The second-order valence-electron chi connectivity index (χ2n) is 4.94. The van der Waals surface area contributed by atoms with E-state index in [0.717, 1.165) is 12.3 Å². The van der Waals surface area contributed by atoms with Crippen molar-refractivity contribution >= 4 is 0 Å². The highest BCUT2D eigenvalue weighted by Crippen LogP contribution is 2.35. The van der Waals surface area contributed by atoms with Gasteiger partial charge < -0.3 is 5.11 Å². The van der Waals surface area contributed by atoms with Crippen LogP contribution in [0.25, 0.3) is 0 Å². The number of hydrogen-bond donors (Lipinski definition) is 1. The zero-order valence-corrected chi connectivity index (χ0v) is 9.29. The zero-order valence-electron chi connectivity index (χ0n) is 9.29. The minimum Gasteiger partial charge on any atom is -0.393 e. The van der Waals surface area contributed by atoms with E-state index in [1.54, 1.807) is 0 Å². The van der Waals surface area contributed by atoms with E-state index in [1.165, 1.54) is 25.7 Å². The molecule has 3 unspecified atom stereocenters. The second kappa shape index (κ2) is 4.99. The van der Waals surface area contributed by atoms with E-state index in [-0.39, 0.29) is 6.10 Å². The molecule has 1 rings (SSSR count). The lowest BCUT2D eigenvalue weighted by Crippen LogP contribution is -2.32. The molecule has 1 nitrogen and oxygen atoms in total. The molecule has 0 saturated heterocycles. The third kappa shape index (κ3) is 2.98. The maximum Gasteiger partial charge on any atom is 0.0573 e. The first kappa shape index (κ1) is 11.0. The van der Waals surface area contributed by atoms with Gasteiger partial charge in [-0.15, -0.1) is 0 Å². The molecule has 0 aromatic rings. The van der Waals surface area contributed by atoms with Gasteiger partial charge in [-0.1, -0.05) is 33.6 Å². The summed E-state index contributed by atoms with van der Waals surface area (Å²) in [6, 6.07) is 0. The van der Waals surface area contributed by atoms with Gasteiger partial charge in [-0.05, 0) is 37.0 Å². The molecule has 0 heterocycles. The van der Waals surface area contributed by atoms with Gasteiger partial charge in [0.2, 0.25) is 0 Å². The standard InChI is InChI=1S/C12H24O/c1-4-5-10-6-7-11(9(2)3)12(13)8-10/h9-13H,4-8H2,1-3H3. The summed E-state index contributed by atoms with van der Waals surface area (Å²) in [5.41, 5.74) is 0. The van der Waals surface area contributed by atoms with Crippen molar-refractivity contribution in [3.63, 3.8) is 0 Å². The SMILES string of the molecule is CCCC1CCC(C(C)C)C(O)C1. The fraction of sp³-hybridized carbons (Fsp3) is 1.00. The molecule has 0 aliphatic heterocycles. The van der Waals surface area contributed by atoms with Crippen LogP contribution in [0.2, 0.25) is 0 Å². The van der Waals surface area contributed by atoms with E-state index in [2.05, 4.69) is 20.8 Å². The largest absolute Gasteiger partial charge is 0.393 e. The second-order valence-corrected chi connectivity index (χ2v) is 4.94. The first-order valence-electron chi connectivity index (χ1n) is 5.83. The minimum atomic E-state index is -0.0229. The molecule has 3 atom stereocenters. The Bertz CT molecular complexity index is 142. The number of rotatable bonds is 3. The van der Waals surface area contributed by atoms with Crippen LogP contribution in [0, 0.1) is 17.8 Å². The zero-order chi connectivity index (χ0) is 9.84. The molecule has 0 amide bonds. The predicted molar refractivity (Wildman–Crippen MR) is 56.6 cm³/mol. The van der Waals surface area contributed by atoms with Crippen LogP contribution in [0.5, 0.6) is 0 Å². The molecule has 13 heavy (non-hydrogen) atoms. The molecule has 78 valence electrons. The fourth-order valence-electron chi connectivity index (χ4n) is 2.70. The molecular weight excluding hydrogens is 160 g/mol. The molecule has 0 radical (unpaired) electrons. The molecular formula is C12H24O. The van der Waals surface area contributed by atoms with Gasteiger partial charge in [0.1, 0.15) is 0 Å². The maximum atomic E-state index is 9.94. The Kier molecular flexibility index (Phi) is 4.24. The summed E-state index contributed by atoms with van der Waals surface area (Å²) >= 11 is 0. The van der Waals surface area contributed by atoms with Crippen LogP contribution in [-0.2, 0) is 0 Å². The van der Waals surface area contributed by atoms with Crippen molar-refractivity contribution in [2.45, 2.75) is 59.0 Å². The van der Waals surface area contributed by atoms with Crippen LogP contribution in [0.15, 0.2) is 0 Å². The van der Waals surface area contributed by atoms with Crippen LogP contribution in [0.1, 0.15) is 52.9 Å². The van der Waals surface area contributed by atoms with E-state index in [1.807, 2.05) is 0 Å². The van der Waals surface area contributed by atoms with Crippen LogP contribution < -0.4 is 0 Å². The van der Waals surface area contributed by atoms with Crippen molar-refractivity contribution in [1.82, 2.24) is 0 Å². The molecule has 1 N–H and O–H groups in total. The average Bonchev–Trinajstić information content (AvgIpc) is 2.04. The lowest BCUT2D eigenvalue weighted by atomic mass is 9.74. The van der Waals surface area contributed by atoms with Gasteiger partial charge in [-0.25, -0.2) is 0 Å². The van der Waals surface area contributed by atoms with E-state index < -0.39 is 0 Å². The molecule has 0 bridgehead atoms. The molecule has 1 fully saturated rings. The molecule has 1 heteroatoms. The van der Waals surface area contributed by atoms with Crippen LogP contribution in [-0.4, -0.2) is 11.2 Å². The monoisotopic (exact) mass is 184 g/mol. The third-order valence-electron chi connectivity index (χ3n) is 3.53. The van der Waals surface area contributed by atoms with E-state index >= 15 is 0 Å². The van der Waals surface area contributed by atoms with Crippen molar-refractivity contribution < 1.29 is 5.11 Å². The van der Waals surface area contributed by atoms with Gasteiger partial charge in [-0.2, -0.15) is 0 Å². The number of aliphatic hydroxyl groups excluding tert-OH is 1. The smallest absolute Gasteiger partial charge is 0.0573 e. The number of aliphatic hydroxyl groups is 1. The average molecular weight is 184 g/mol. The van der Waals surface area contributed by atoms with Crippen molar-refractivity contribution in [2.24, 2.45) is 17.8 Å². The first-order valence-corrected chi connectivity index (χ1v) is 5.83.